The van der Waals surface area contributed by atoms with Crippen molar-refractivity contribution in [3.8, 4) is 0 Å². The zero-order valence-corrected chi connectivity index (χ0v) is 10.9. The van der Waals surface area contributed by atoms with E-state index in [0.29, 0.717) is 18.6 Å². The van der Waals surface area contributed by atoms with Crippen LogP contribution >= 0.6 is 0 Å². The number of nitrogens with one attached hydrogen (secondary N) is 1. The first-order chi connectivity index (χ1) is 8.16. The molecule has 1 saturated carbocycles. The number of likely N-dealkylation sites (tertiary alicyclic amines) is 1. The Morgan fingerprint density at radius 1 is 1.41 bits per heavy atom. The molecule has 0 aromatic carbocycles. The van der Waals surface area contributed by atoms with Gasteiger partial charge in [-0.15, -0.1) is 0 Å². The summed E-state index contributed by atoms with van der Waals surface area (Å²) in [6.45, 7) is 7.35. The van der Waals surface area contributed by atoms with Crippen LogP contribution in [0.5, 0.6) is 0 Å². The Morgan fingerprint density at radius 2 is 2.18 bits per heavy atom. The number of carbonyl (C=O) groups is 1. The summed E-state index contributed by atoms with van der Waals surface area (Å²) in [4.78, 5) is 13.9. The third kappa shape index (κ3) is 3.96. The van der Waals surface area contributed by atoms with Crippen LogP contribution in [0.3, 0.4) is 0 Å². The number of rotatable bonds is 7. The second kappa shape index (κ2) is 5.83. The molecule has 0 aromatic heterocycles. The summed E-state index contributed by atoms with van der Waals surface area (Å²) in [5.41, 5.74) is 0. The third-order valence-electron chi connectivity index (χ3n) is 3.27. The van der Waals surface area contributed by atoms with Crippen molar-refractivity contribution in [3.05, 3.63) is 0 Å². The van der Waals surface area contributed by atoms with Crippen molar-refractivity contribution in [2.24, 2.45) is 5.92 Å². The number of hydrogen-bond acceptors (Lipinski definition) is 3. The van der Waals surface area contributed by atoms with Gasteiger partial charge < -0.3 is 15.0 Å². The van der Waals surface area contributed by atoms with E-state index in [2.05, 4.69) is 19.2 Å². The van der Waals surface area contributed by atoms with E-state index >= 15 is 0 Å². The maximum atomic E-state index is 12.0. The van der Waals surface area contributed by atoms with E-state index in [1.807, 2.05) is 4.90 Å². The number of hydrogen-bond donors (Lipinski definition) is 1. The highest BCUT2D eigenvalue weighted by Crippen LogP contribution is 2.22. The second-order valence-electron chi connectivity index (χ2n) is 5.58. The summed E-state index contributed by atoms with van der Waals surface area (Å²) in [5.74, 6) is 0.832. The van der Waals surface area contributed by atoms with Gasteiger partial charge in [0.15, 0.2) is 0 Å². The fourth-order valence-corrected chi connectivity index (χ4v) is 2.14. The Balaban J connectivity index is 1.62. The van der Waals surface area contributed by atoms with Gasteiger partial charge in [-0.05, 0) is 25.2 Å². The summed E-state index contributed by atoms with van der Waals surface area (Å²) in [6, 6.07) is 0.689. The number of ether oxygens (including phenoxy) is 1. The predicted molar refractivity (Wildman–Crippen MR) is 66.8 cm³/mol. The van der Waals surface area contributed by atoms with Crippen molar-refractivity contribution >= 4 is 5.91 Å². The minimum absolute atomic E-state index is 0.0765. The summed E-state index contributed by atoms with van der Waals surface area (Å²) < 4.78 is 5.52. The fourth-order valence-electron chi connectivity index (χ4n) is 2.14. The van der Waals surface area contributed by atoms with Crippen LogP contribution in [0.2, 0.25) is 0 Å². The van der Waals surface area contributed by atoms with E-state index in [-0.39, 0.29) is 11.9 Å². The molecule has 1 amide bonds. The Labute approximate surface area is 104 Å². The van der Waals surface area contributed by atoms with Gasteiger partial charge in [0.2, 0.25) is 5.91 Å². The van der Waals surface area contributed by atoms with Crippen molar-refractivity contribution in [1.29, 1.82) is 0 Å². The fraction of sp³-hybridized carbons (Fsp3) is 0.923. The molecule has 2 rings (SSSR count). The Morgan fingerprint density at radius 3 is 2.82 bits per heavy atom. The van der Waals surface area contributed by atoms with Gasteiger partial charge in [0, 0.05) is 25.7 Å². The minimum atomic E-state index is 0.0765. The second-order valence-corrected chi connectivity index (χ2v) is 5.58. The average molecular weight is 240 g/mol. The van der Waals surface area contributed by atoms with Crippen LogP contribution in [0.1, 0.15) is 33.1 Å². The zero-order valence-electron chi connectivity index (χ0n) is 10.9. The summed E-state index contributed by atoms with van der Waals surface area (Å²) in [7, 11) is 0. The summed E-state index contributed by atoms with van der Waals surface area (Å²) >= 11 is 0. The zero-order chi connectivity index (χ0) is 12.3. The van der Waals surface area contributed by atoms with Crippen molar-refractivity contribution in [2.75, 3.05) is 26.3 Å². The predicted octanol–water partition coefficient (Wildman–Crippen LogP) is 1.01. The van der Waals surface area contributed by atoms with Crippen molar-refractivity contribution in [3.63, 3.8) is 0 Å². The number of carbonyl (C=O) groups excluding carboxylic acids is 1. The van der Waals surface area contributed by atoms with Gasteiger partial charge >= 0.3 is 0 Å². The molecule has 1 N–H and O–H groups in total. The molecule has 0 aromatic rings. The molecule has 0 bridgehead atoms. The first-order valence-electron chi connectivity index (χ1n) is 6.79. The van der Waals surface area contributed by atoms with Crippen molar-refractivity contribution in [1.82, 2.24) is 10.2 Å². The van der Waals surface area contributed by atoms with E-state index < -0.39 is 0 Å². The molecule has 0 radical (unpaired) electrons. The average Bonchev–Trinajstić information content (AvgIpc) is 3.02. The minimum Gasteiger partial charge on any atom is -0.379 e. The van der Waals surface area contributed by atoms with Crippen LogP contribution < -0.4 is 5.32 Å². The molecule has 1 atom stereocenters. The Bertz CT molecular complexity index is 264. The molecule has 1 aliphatic carbocycles. The molecule has 17 heavy (non-hydrogen) atoms. The maximum absolute atomic E-state index is 12.0. The molecule has 4 nitrogen and oxygen atoms in total. The quantitative estimate of drug-likeness (QED) is 0.675. The molecular weight excluding hydrogens is 216 g/mol. The van der Waals surface area contributed by atoms with Crippen LogP contribution in [0, 0.1) is 5.92 Å². The van der Waals surface area contributed by atoms with Gasteiger partial charge in [0.05, 0.1) is 12.6 Å². The lowest BCUT2D eigenvalue weighted by molar-refractivity contribution is -0.130. The topological polar surface area (TPSA) is 41.6 Å². The van der Waals surface area contributed by atoms with E-state index in [4.69, 9.17) is 4.74 Å². The van der Waals surface area contributed by atoms with Crippen LogP contribution in [-0.4, -0.2) is 49.2 Å². The molecular formula is C13H24N2O2. The lowest BCUT2D eigenvalue weighted by Gasteiger charge is -2.17. The highest BCUT2D eigenvalue weighted by atomic mass is 16.5. The molecule has 0 spiro atoms. The number of nitrogens with zero attached hydrogens (tertiary/aromatic N) is 1. The van der Waals surface area contributed by atoms with Crippen LogP contribution in [0.15, 0.2) is 0 Å². The normalized spacial score (nSPS) is 25.0. The number of amides is 1. The van der Waals surface area contributed by atoms with Crippen LogP contribution in [0.4, 0.5) is 0 Å². The van der Waals surface area contributed by atoms with E-state index in [1.54, 1.807) is 0 Å². The van der Waals surface area contributed by atoms with E-state index in [1.165, 1.54) is 12.8 Å². The van der Waals surface area contributed by atoms with Gasteiger partial charge in [0.1, 0.15) is 0 Å². The van der Waals surface area contributed by atoms with Gasteiger partial charge in [0.25, 0.3) is 0 Å². The summed E-state index contributed by atoms with van der Waals surface area (Å²) in [6.07, 6.45) is 3.43. The molecule has 1 saturated heterocycles. The molecule has 1 heterocycles. The van der Waals surface area contributed by atoms with Gasteiger partial charge in [-0.3, -0.25) is 4.79 Å². The monoisotopic (exact) mass is 240 g/mol. The third-order valence-corrected chi connectivity index (χ3v) is 3.27. The van der Waals surface area contributed by atoms with Crippen LogP contribution in [-0.2, 0) is 9.53 Å². The van der Waals surface area contributed by atoms with Crippen LogP contribution in [0.25, 0.3) is 0 Å². The SMILES string of the molecule is CC(C)COCCN1CCC(NC2CC2)C1=O. The molecule has 1 unspecified atom stereocenters. The Kier molecular flexibility index (Phi) is 4.40. The summed E-state index contributed by atoms with van der Waals surface area (Å²) in [5, 5.41) is 3.41. The lowest BCUT2D eigenvalue weighted by Crippen LogP contribution is -2.40. The smallest absolute Gasteiger partial charge is 0.239 e. The van der Waals surface area contributed by atoms with Gasteiger partial charge in [-0.25, -0.2) is 0 Å². The molecule has 2 aliphatic rings. The van der Waals surface area contributed by atoms with Gasteiger partial charge in [-0.1, -0.05) is 13.8 Å². The standard InChI is InChI=1S/C13H24N2O2/c1-10(2)9-17-8-7-15-6-5-12(13(15)16)14-11-3-4-11/h10-12,14H,3-9H2,1-2H3. The van der Waals surface area contributed by atoms with Crippen molar-refractivity contribution < 1.29 is 9.53 Å². The first kappa shape index (κ1) is 12.8. The molecule has 98 valence electrons. The molecule has 1 aliphatic heterocycles. The van der Waals surface area contributed by atoms with E-state index in [0.717, 1.165) is 26.1 Å². The lowest BCUT2D eigenvalue weighted by atomic mass is 10.2. The largest absolute Gasteiger partial charge is 0.379 e. The van der Waals surface area contributed by atoms with E-state index in [9.17, 15) is 4.79 Å². The Hall–Kier alpha value is -0.610. The molecule has 4 heteroatoms. The van der Waals surface area contributed by atoms with Crippen molar-refractivity contribution in [2.45, 2.75) is 45.2 Å². The maximum Gasteiger partial charge on any atom is 0.239 e. The highest BCUT2D eigenvalue weighted by Gasteiger charge is 2.35. The first-order valence-corrected chi connectivity index (χ1v) is 6.79. The van der Waals surface area contributed by atoms with Gasteiger partial charge in [-0.2, -0.15) is 0 Å². The highest BCUT2D eigenvalue weighted by molar-refractivity contribution is 5.84. The molecule has 2 fully saturated rings.